The zero-order valence-corrected chi connectivity index (χ0v) is 11.9. The van der Waals surface area contributed by atoms with Crippen LogP contribution in [0.15, 0.2) is 28.1 Å². The summed E-state index contributed by atoms with van der Waals surface area (Å²) < 4.78 is 5.61. The van der Waals surface area contributed by atoms with Crippen molar-refractivity contribution >= 4 is 39.1 Å². The van der Waals surface area contributed by atoms with Gasteiger partial charge in [-0.1, -0.05) is 0 Å². The molecule has 0 saturated carbocycles. The smallest absolute Gasteiger partial charge is 0.358 e. The lowest BCUT2D eigenvalue weighted by Gasteiger charge is -2.04. The summed E-state index contributed by atoms with van der Waals surface area (Å²) in [7, 11) is 1.31. The Kier molecular flexibility index (Phi) is 4.27. The molecule has 0 aromatic carbocycles. The van der Waals surface area contributed by atoms with E-state index in [1.165, 1.54) is 12.0 Å². The van der Waals surface area contributed by atoms with Crippen molar-refractivity contribution in [2.24, 2.45) is 0 Å². The molecule has 0 unspecified atom stereocenters. The third-order valence-corrected chi connectivity index (χ3v) is 4.11. The summed E-state index contributed by atoms with van der Waals surface area (Å²) >= 11 is 5.10. The van der Waals surface area contributed by atoms with Crippen LogP contribution in [0.5, 0.6) is 0 Å². The molecule has 7 heteroatoms. The Labute approximate surface area is 116 Å². The van der Waals surface area contributed by atoms with Crippen molar-refractivity contribution in [3.8, 4) is 0 Å². The molecule has 0 fully saturated rings. The molecule has 5 nitrogen and oxygen atoms in total. The summed E-state index contributed by atoms with van der Waals surface area (Å²) in [6.07, 6.45) is 0. The van der Waals surface area contributed by atoms with Crippen LogP contribution in [-0.2, 0) is 11.3 Å². The normalized spacial score (nSPS) is 10.1. The molecule has 2 aromatic heterocycles. The first-order chi connectivity index (χ1) is 8.70. The zero-order valence-electron chi connectivity index (χ0n) is 9.51. The molecular formula is C11H10BrN3O2S. The fourth-order valence-electron chi connectivity index (χ4n) is 1.26. The second kappa shape index (κ2) is 5.92. The maximum absolute atomic E-state index is 11.2. The van der Waals surface area contributed by atoms with Gasteiger partial charge in [-0.25, -0.2) is 4.79 Å². The molecular weight excluding hydrogens is 318 g/mol. The van der Waals surface area contributed by atoms with Gasteiger partial charge in [-0.2, -0.15) is 0 Å². The van der Waals surface area contributed by atoms with Gasteiger partial charge in [0.25, 0.3) is 0 Å². The van der Waals surface area contributed by atoms with E-state index in [9.17, 15) is 4.79 Å². The van der Waals surface area contributed by atoms with E-state index >= 15 is 0 Å². The maximum Gasteiger partial charge on any atom is 0.358 e. The van der Waals surface area contributed by atoms with Crippen LogP contribution in [-0.4, -0.2) is 23.3 Å². The Morgan fingerprint density at radius 3 is 2.83 bits per heavy atom. The predicted molar refractivity (Wildman–Crippen MR) is 72.7 cm³/mol. The van der Waals surface area contributed by atoms with E-state index in [0.717, 1.165) is 4.47 Å². The lowest BCUT2D eigenvalue weighted by molar-refractivity contribution is 0.0593. The number of anilines is 1. The molecule has 0 aliphatic carbocycles. The summed E-state index contributed by atoms with van der Waals surface area (Å²) in [6, 6.07) is 5.26. The lowest BCUT2D eigenvalue weighted by Crippen LogP contribution is -2.07. The number of carbonyl (C=O) groups is 1. The molecule has 2 heterocycles. The molecule has 0 atom stereocenters. The number of hydrogen-bond acceptors (Lipinski definition) is 6. The standard InChI is InChI=1S/C11H10BrN3O2S/c1-17-11(16)8-2-3-10(15-14-8)13-6-9-7(12)4-5-18-9/h2-5H,6H2,1H3,(H,13,15). The Morgan fingerprint density at radius 1 is 1.44 bits per heavy atom. The summed E-state index contributed by atoms with van der Waals surface area (Å²) in [5.74, 6) is 0.123. The second-order valence-corrected chi connectivity index (χ2v) is 5.20. The summed E-state index contributed by atoms with van der Waals surface area (Å²) in [6.45, 7) is 0.657. The molecule has 0 saturated heterocycles. The summed E-state index contributed by atoms with van der Waals surface area (Å²) in [5, 5.41) is 12.8. The summed E-state index contributed by atoms with van der Waals surface area (Å²) in [5.41, 5.74) is 0.195. The van der Waals surface area contributed by atoms with Gasteiger partial charge < -0.3 is 10.1 Å². The van der Waals surface area contributed by atoms with Crippen molar-refractivity contribution in [1.82, 2.24) is 10.2 Å². The molecule has 0 spiro atoms. The molecule has 0 radical (unpaired) electrons. The highest BCUT2D eigenvalue weighted by Crippen LogP contribution is 2.23. The first-order valence-electron chi connectivity index (χ1n) is 5.08. The average molecular weight is 328 g/mol. The van der Waals surface area contributed by atoms with Crippen LogP contribution >= 0.6 is 27.3 Å². The van der Waals surface area contributed by atoms with Crippen molar-refractivity contribution in [2.45, 2.75) is 6.54 Å². The van der Waals surface area contributed by atoms with E-state index < -0.39 is 5.97 Å². The molecule has 2 rings (SSSR count). The van der Waals surface area contributed by atoms with Gasteiger partial charge in [-0.15, -0.1) is 21.5 Å². The van der Waals surface area contributed by atoms with Gasteiger partial charge in [0.05, 0.1) is 13.7 Å². The van der Waals surface area contributed by atoms with Crippen LogP contribution in [0, 0.1) is 0 Å². The number of hydrogen-bond donors (Lipinski definition) is 1. The highest BCUT2D eigenvalue weighted by Gasteiger charge is 2.07. The Morgan fingerprint density at radius 2 is 2.28 bits per heavy atom. The van der Waals surface area contributed by atoms with Crippen molar-refractivity contribution in [3.05, 3.63) is 38.6 Å². The number of nitrogens with zero attached hydrogens (tertiary/aromatic N) is 2. The quantitative estimate of drug-likeness (QED) is 0.875. The fraction of sp³-hybridized carbons (Fsp3) is 0.182. The van der Waals surface area contributed by atoms with E-state index in [2.05, 4.69) is 36.2 Å². The van der Waals surface area contributed by atoms with Gasteiger partial charge in [0.1, 0.15) is 5.82 Å². The Hall–Kier alpha value is -1.47. The number of halogens is 1. The largest absolute Gasteiger partial charge is 0.464 e. The molecule has 0 aliphatic heterocycles. The number of nitrogens with one attached hydrogen (secondary N) is 1. The summed E-state index contributed by atoms with van der Waals surface area (Å²) in [4.78, 5) is 12.3. The molecule has 0 amide bonds. The van der Waals surface area contributed by atoms with Crippen molar-refractivity contribution in [3.63, 3.8) is 0 Å². The lowest BCUT2D eigenvalue weighted by atomic mass is 10.4. The van der Waals surface area contributed by atoms with E-state index in [0.29, 0.717) is 12.4 Å². The van der Waals surface area contributed by atoms with E-state index in [-0.39, 0.29) is 5.69 Å². The molecule has 18 heavy (non-hydrogen) atoms. The van der Waals surface area contributed by atoms with Crippen LogP contribution in [0.1, 0.15) is 15.4 Å². The van der Waals surface area contributed by atoms with Crippen LogP contribution in [0.2, 0.25) is 0 Å². The molecule has 1 N–H and O–H groups in total. The van der Waals surface area contributed by atoms with Gasteiger partial charge >= 0.3 is 5.97 Å². The van der Waals surface area contributed by atoms with Crippen LogP contribution < -0.4 is 5.32 Å². The molecule has 2 aromatic rings. The number of esters is 1. The second-order valence-electron chi connectivity index (χ2n) is 3.34. The minimum atomic E-state index is -0.491. The highest BCUT2D eigenvalue weighted by molar-refractivity contribution is 9.10. The van der Waals surface area contributed by atoms with Gasteiger partial charge in [0.2, 0.25) is 0 Å². The number of thiophene rings is 1. The van der Waals surface area contributed by atoms with E-state index in [1.807, 2.05) is 11.4 Å². The number of carbonyl (C=O) groups excluding carboxylic acids is 1. The van der Waals surface area contributed by atoms with Crippen molar-refractivity contribution in [2.75, 3.05) is 12.4 Å². The minimum Gasteiger partial charge on any atom is -0.464 e. The van der Waals surface area contributed by atoms with Crippen LogP contribution in [0.3, 0.4) is 0 Å². The molecule has 94 valence electrons. The van der Waals surface area contributed by atoms with Gasteiger partial charge in [0, 0.05) is 9.35 Å². The zero-order chi connectivity index (χ0) is 13.0. The van der Waals surface area contributed by atoms with Crippen molar-refractivity contribution < 1.29 is 9.53 Å². The monoisotopic (exact) mass is 327 g/mol. The Balaban J connectivity index is 1.98. The van der Waals surface area contributed by atoms with E-state index in [4.69, 9.17) is 0 Å². The van der Waals surface area contributed by atoms with Gasteiger partial charge in [-0.3, -0.25) is 0 Å². The van der Waals surface area contributed by atoms with Gasteiger partial charge in [-0.05, 0) is 39.5 Å². The topological polar surface area (TPSA) is 64.1 Å². The first-order valence-corrected chi connectivity index (χ1v) is 6.75. The Bertz CT molecular complexity index is 541. The van der Waals surface area contributed by atoms with Crippen LogP contribution in [0.4, 0.5) is 5.82 Å². The predicted octanol–water partition coefficient (Wildman–Crippen LogP) is 2.70. The number of aromatic nitrogens is 2. The highest BCUT2D eigenvalue weighted by atomic mass is 79.9. The third kappa shape index (κ3) is 3.05. The SMILES string of the molecule is COC(=O)c1ccc(NCc2sccc2Br)nn1. The third-order valence-electron chi connectivity index (χ3n) is 2.18. The number of rotatable bonds is 4. The maximum atomic E-state index is 11.2. The number of ether oxygens (including phenoxy) is 1. The number of methoxy groups -OCH3 is 1. The minimum absolute atomic E-state index is 0.195. The average Bonchev–Trinajstić information content (AvgIpc) is 2.81. The molecule has 0 bridgehead atoms. The van der Waals surface area contributed by atoms with Gasteiger partial charge in [0.15, 0.2) is 5.69 Å². The molecule has 0 aliphatic rings. The van der Waals surface area contributed by atoms with Crippen molar-refractivity contribution in [1.29, 1.82) is 0 Å². The fourth-order valence-corrected chi connectivity index (χ4v) is 2.69. The first kappa shape index (κ1) is 13.0. The van der Waals surface area contributed by atoms with Crippen LogP contribution in [0.25, 0.3) is 0 Å². The van der Waals surface area contributed by atoms with E-state index in [1.54, 1.807) is 23.5 Å².